The molecule has 0 saturated carbocycles. The molecular formula is C37H70O9. The van der Waals surface area contributed by atoms with Crippen LogP contribution in [-0.4, -0.2) is 47.9 Å². The average Bonchev–Trinajstić information content (AvgIpc) is 3.07. The quantitative estimate of drug-likeness (QED) is 0.0302. The lowest BCUT2D eigenvalue weighted by Gasteiger charge is -2.37. The molecule has 0 atom stereocenters. The molecule has 0 aliphatic carbocycles. The van der Waals surface area contributed by atoms with Crippen LogP contribution in [0.15, 0.2) is 0 Å². The lowest BCUT2D eigenvalue weighted by Crippen LogP contribution is -2.50. The Morgan fingerprint density at radius 2 is 0.826 bits per heavy atom. The molecule has 0 saturated heterocycles. The average molecular weight is 659 g/mol. The molecule has 0 aliphatic rings. The lowest BCUT2D eigenvalue weighted by atomic mass is 10.0. The molecule has 0 unspecified atom stereocenters. The van der Waals surface area contributed by atoms with Gasteiger partial charge in [0.25, 0.3) is 5.79 Å². The maximum absolute atomic E-state index is 13.6. The second-order valence-electron chi connectivity index (χ2n) is 12.5. The molecule has 9 nitrogen and oxygen atoms in total. The molecule has 0 spiro atoms. The molecule has 0 rings (SSSR count). The van der Waals surface area contributed by atoms with E-state index in [0.29, 0.717) is 37.9 Å². The van der Waals surface area contributed by atoms with Crippen molar-refractivity contribution in [2.24, 2.45) is 0 Å². The smallest absolute Gasteiger partial charge is 0.337 e. The third kappa shape index (κ3) is 20.0. The highest BCUT2D eigenvalue weighted by atomic mass is 17.2. The summed E-state index contributed by atoms with van der Waals surface area (Å²) in [6, 6.07) is 0. The Kier molecular flexibility index (Phi) is 27.5. The van der Waals surface area contributed by atoms with E-state index >= 15 is 0 Å². The van der Waals surface area contributed by atoms with Crippen molar-refractivity contribution in [1.82, 2.24) is 0 Å². The van der Waals surface area contributed by atoms with Gasteiger partial charge in [0.15, 0.2) is 0 Å². The lowest BCUT2D eigenvalue weighted by molar-refractivity contribution is -0.345. The SMILES string of the molecule is CCC(CC)OOC(=O)CCCCCCCC(=O)CCCCCCC(OC(CC)CC)(OC(CC)CC)C(=O)OOC(CC)CC. The van der Waals surface area contributed by atoms with E-state index in [2.05, 4.69) is 0 Å². The number of hydrogen-bond acceptors (Lipinski definition) is 9. The maximum Gasteiger partial charge on any atom is 0.401 e. The highest BCUT2D eigenvalue weighted by Gasteiger charge is 2.46. The summed E-state index contributed by atoms with van der Waals surface area (Å²) < 4.78 is 12.9. The predicted molar refractivity (Wildman–Crippen MR) is 182 cm³/mol. The van der Waals surface area contributed by atoms with Crippen molar-refractivity contribution in [1.29, 1.82) is 0 Å². The van der Waals surface area contributed by atoms with Crippen LogP contribution in [0.2, 0.25) is 0 Å². The normalized spacial score (nSPS) is 12.1. The molecule has 0 aromatic carbocycles. The molecule has 272 valence electrons. The molecule has 0 aromatic rings. The minimum Gasteiger partial charge on any atom is -0.337 e. The predicted octanol–water partition coefficient (Wildman–Crippen LogP) is 10.1. The highest BCUT2D eigenvalue weighted by Crippen LogP contribution is 2.31. The molecule has 9 heteroatoms. The van der Waals surface area contributed by atoms with Gasteiger partial charge < -0.3 is 9.47 Å². The number of unbranched alkanes of at least 4 members (excludes halogenated alkanes) is 7. The van der Waals surface area contributed by atoms with Crippen molar-refractivity contribution in [2.75, 3.05) is 0 Å². The van der Waals surface area contributed by atoms with Crippen LogP contribution in [-0.2, 0) is 43.4 Å². The van der Waals surface area contributed by atoms with E-state index in [1.807, 2.05) is 55.4 Å². The zero-order chi connectivity index (χ0) is 34.6. The summed E-state index contributed by atoms with van der Waals surface area (Å²) in [7, 11) is 0. The van der Waals surface area contributed by atoms with Crippen molar-refractivity contribution < 1.29 is 43.4 Å². The third-order valence-electron chi connectivity index (χ3n) is 8.75. The van der Waals surface area contributed by atoms with Gasteiger partial charge in [0.05, 0.1) is 12.2 Å². The fraction of sp³-hybridized carbons (Fsp3) is 0.919. The molecule has 46 heavy (non-hydrogen) atoms. The number of hydrogen-bond donors (Lipinski definition) is 0. The molecule has 0 radical (unpaired) electrons. The van der Waals surface area contributed by atoms with Gasteiger partial charge in [-0.05, 0) is 77.0 Å². The first kappa shape index (κ1) is 44.5. The number of carbonyl (C=O) groups is 3. The zero-order valence-electron chi connectivity index (χ0n) is 30.8. The van der Waals surface area contributed by atoms with Crippen molar-refractivity contribution in [3.63, 3.8) is 0 Å². The van der Waals surface area contributed by atoms with Crippen molar-refractivity contribution >= 4 is 17.7 Å². The Hall–Kier alpha value is -1.55. The summed E-state index contributed by atoms with van der Waals surface area (Å²) in [5, 5.41) is 0. The van der Waals surface area contributed by atoms with Gasteiger partial charge in [0, 0.05) is 25.7 Å². The number of carbonyl (C=O) groups excluding carboxylic acids is 3. The summed E-state index contributed by atoms with van der Waals surface area (Å²) >= 11 is 0. The Bertz CT molecular complexity index is 742. The monoisotopic (exact) mass is 659 g/mol. The maximum atomic E-state index is 13.6. The van der Waals surface area contributed by atoms with Crippen LogP contribution in [0.25, 0.3) is 0 Å². The first-order valence-electron chi connectivity index (χ1n) is 18.8. The molecule has 0 heterocycles. The fourth-order valence-corrected chi connectivity index (χ4v) is 5.26. The van der Waals surface area contributed by atoms with Gasteiger partial charge in [-0.3, -0.25) is 14.6 Å². The molecule has 0 bridgehead atoms. The molecule has 0 fully saturated rings. The van der Waals surface area contributed by atoms with E-state index in [1.54, 1.807) is 0 Å². The van der Waals surface area contributed by atoms with Gasteiger partial charge in [-0.15, -0.1) is 0 Å². The van der Waals surface area contributed by atoms with Crippen molar-refractivity contribution in [3.8, 4) is 0 Å². The fourth-order valence-electron chi connectivity index (χ4n) is 5.26. The van der Waals surface area contributed by atoms with Crippen LogP contribution in [0, 0.1) is 0 Å². The van der Waals surface area contributed by atoms with Crippen LogP contribution in [0.5, 0.6) is 0 Å². The van der Waals surface area contributed by atoms with E-state index in [9.17, 15) is 14.4 Å². The summed E-state index contributed by atoms with van der Waals surface area (Å²) in [6.45, 7) is 16.2. The summed E-state index contributed by atoms with van der Waals surface area (Å²) in [5.74, 6) is -2.14. The summed E-state index contributed by atoms with van der Waals surface area (Å²) in [6.07, 6.45) is 15.5. The molecule has 0 aliphatic heterocycles. The van der Waals surface area contributed by atoms with Crippen LogP contribution in [0.3, 0.4) is 0 Å². The van der Waals surface area contributed by atoms with Gasteiger partial charge in [-0.2, -0.15) is 9.78 Å². The molecule has 0 amide bonds. The number of ether oxygens (including phenoxy) is 2. The number of rotatable bonds is 32. The van der Waals surface area contributed by atoms with Gasteiger partial charge >= 0.3 is 11.9 Å². The Labute approximate surface area is 281 Å². The van der Waals surface area contributed by atoms with E-state index in [-0.39, 0.29) is 30.4 Å². The minimum absolute atomic E-state index is 0.0334. The molecule has 0 N–H and O–H groups in total. The second-order valence-corrected chi connectivity index (χ2v) is 12.5. The highest BCUT2D eigenvalue weighted by molar-refractivity contribution is 5.78. The first-order valence-corrected chi connectivity index (χ1v) is 18.8. The molecular weight excluding hydrogens is 588 g/mol. The Morgan fingerprint density at radius 1 is 0.457 bits per heavy atom. The van der Waals surface area contributed by atoms with Crippen LogP contribution in [0.4, 0.5) is 0 Å². The van der Waals surface area contributed by atoms with Gasteiger partial charge in [0.1, 0.15) is 18.0 Å². The van der Waals surface area contributed by atoms with Crippen molar-refractivity contribution in [3.05, 3.63) is 0 Å². The third-order valence-corrected chi connectivity index (χ3v) is 8.75. The number of Topliss-reactive ketones (excluding diaryl/α,β-unsaturated/α-hetero) is 1. The Morgan fingerprint density at radius 3 is 1.26 bits per heavy atom. The topological polar surface area (TPSA) is 107 Å². The summed E-state index contributed by atoms with van der Waals surface area (Å²) in [5.41, 5.74) is 0. The largest absolute Gasteiger partial charge is 0.401 e. The molecule has 0 aromatic heterocycles. The van der Waals surface area contributed by atoms with E-state index in [0.717, 1.165) is 103 Å². The van der Waals surface area contributed by atoms with Crippen LogP contribution in [0.1, 0.15) is 190 Å². The zero-order valence-corrected chi connectivity index (χ0v) is 30.8. The van der Waals surface area contributed by atoms with Gasteiger partial charge in [-0.1, -0.05) is 87.5 Å². The van der Waals surface area contributed by atoms with Crippen LogP contribution >= 0.6 is 0 Å². The standard InChI is InChI=1S/C37H70O9/c1-9-31(10-2)41-37(42-32(11-3)12-4,36(40)46-44-34(15-7)16-8)29-25-21-20-23-27-30(38)26-22-18-17-19-24-28-35(39)45-43-33(13-5)14-6/h31-34H,9-29H2,1-8H3. The van der Waals surface area contributed by atoms with E-state index in [1.165, 1.54) is 0 Å². The van der Waals surface area contributed by atoms with Gasteiger partial charge in [0.2, 0.25) is 0 Å². The van der Waals surface area contributed by atoms with Crippen LogP contribution < -0.4 is 0 Å². The number of ketones is 1. The minimum atomic E-state index is -1.52. The second kappa shape index (κ2) is 28.5. The Balaban J connectivity index is 4.64. The summed E-state index contributed by atoms with van der Waals surface area (Å²) in [4.78, 5) is 58.7. The van der Waals surface area contributed by atoms with Crippen molar-refractivity contribution in [2.45, 2.75) is 220 Å². The van der Waals surface area contributed by atoms with E-state index in [4.69, 9.17) is 29.0 Å². The first-order chi connectivity index (χ1) is 22.2. The van der Waals surface area contributed by atoms with E-state index < -0.39 is 11.8 Å². The van der Waals surface area contributed by atoms with Gasteiger partial charge in [-0.25, -0.2) is 9.59 Å².